The number of nitrogens with one attached hydrogen (secondary N) is 1. The summed E-state index contributed by atoms with van der Waals surface area (Å²) in [7, 11) is 0. The predicted octanol–water partition coefficient (Wildman–Crippen LogP) is 3.33. The molecular formula is C13H19Cl2NO. The van der Waals surface area contributed by atoms with Gasteiger partial charge in [-0.2, -0.15) is 0 Å². The molecule has 1 aliphatic rings. The third-order valence-corrected chi connectivity index (χ3v) is 3.50. The highest BCUT2D eigenvalue weighted by Gasteiger charge is 2.34. The van der Waals surface area contributed by atoms with Crippen molar-refractivity contribution in [2.75, 3.05) is 0 Å². The Morgan fingerprint density at radius 2 is 1.94 bits per heavy atom. The Morgan fingerprint density at radius 1 is 1.35 bits per heavy atom. The Kier molecular flexibility index (Phi) is 4.85. The molecule has 2 unspecified atom stereocenters. The largest absolute Gasteiger partial charge is 0.387 e. The van der Waals surface area contributed by atoms with Gasteiger partial charge in [-0.3, -0.25) is 0 Å². The highest BCUT2D eigenvalue weighted by atomic mass is 35.5. The lowest BCUT2D eigenvalue weighted by Crippen LogP contribution is -2.40. The van der Waals surface area contributed by atoms with Crippen molar-refractivity contribution in [1.29, 1.82) is 0 Å². The van der Waals surface area contributed by atoms with E-state index in [1.54, 1.807) is 0 Å². The first kappa shape index (κ1) is 14.8. The van der Waals surface area contributed by atoms with Crippen LogP contribution >= 0.6 is 24.0 Å². The van der Waals surface area contributed by atoms with Crippen LogP contribution in [0.2, 0.25) is 5.02 Å². The molecule has 0 saturated carbocycles. The summed E-state index contributed by atoms with van der Waals surface area (Å²) in [4.78, 5) is 0. The zero-order valence-electron chi connectivity index (χ0n) is 10.1. The lowest BCUT2D eigenvalue weighted by Gasteiger charge is -2.23. The first-order chi connectivity index (χ1) is 7.48. The van der Waals surface area contributed by atoms with Crippen LogP contribution in [0.5, 0.6) is 0 Å². The van der Waals surface area contributed by atoms with Crippen LogP contribution in [0.15, 0.2) is 24.3 Å². The maximum absolute atomic E-state index is 10.2. The van der Waals surface area contributed by atoms with Crippen molar-refractivity contribution in [3.63, 3.8) is 0 Å². The van der Waals surface area contributed by atoms with Crippen molar-refractivity contribution in [1.82, 2.24) is 5.32 Å². The summed E-state index contributed by atoms with van der Waals surface area (Å²) in [6.45, 7) is 4.34. The number of halogens is 2. The van der Waals surface area contributed by atoms with Crippen molar-refractivity contribution in [2.45, 2.75) is 44.4 Å². The smallest absolute Gasteiger partial charge is 0.0943 e. The summed E-state index contributed by atoms with van der Waals surface area (Å²) in [5.74, 6) is 0. The molecule has 17 heavy (non-hydrogen) atoms. The van der Waals surface area contributed by atoms with Gasteiger partial charge < -0.3 is 10.4 Å². The second kappa shape index (κ2) is 5.57. The quantitative estimate of drug-likeness (QED) is 0.868. The third kappa shape index (κ3) is 3.59. The molecule has 0 bridgehead atoms. The Bertz CT molecular complexity index is 364. The van der Waals surface area contributed by atoms with Gasteiger partial charge in [-0.25, -0.2) is 0 Å². The van der Waals surface area contributed by atoms with E-state index in [9.17, 15) is 5.11 Å². The van der Waals surface area contributed by atoms with Gasteiger partial charge in [-0.1, -0.05) is 23.7 Å². The van der Waals surface area contributed by atoms with Crippen LogP contribution in [0.25, 0.3) is 0 Å². The molecule has 1 aliphatic heterocycles. The van der Waals surface area contributed by atoms with E-state index in [0.717, 1.165) is 18.4 Å². The van der Waals surface area contributed by atoms with E-state index in [1.165, 1.54) is 0 Å². The number of hydrogen-bond donors (Lipinski definition) is 2. The van der Waals surface area contributed by atoms with Crippen LogP contribution in [0.1, 0.15) is 38.4 Å². The summed E-state index contributed by atoms with van der Waals surface area (Å²) < 4.78 is 0. The molecule has 2 rings (SSSR count). The Morgan fingerprint density at radius 3 is 2.41 bits per heavy atom. The molecule has 1 aromatic rings. The summed E-state index contributed by atoms with van der Waals surface area (Å²) in [6.07, 6.45) is 1.66. The van der Waals surface area contributed by atoms with Crippen molar-refractivity contribution < 1.29 is 5.11 Å². The van der Waals surface area contributed by atoms with Crippen LogP contribution in [0, 0.1) is 0 Å². The fourth-order valence-electron chi connectivity index (χ4n) is 2.29. The van der Waals surface area contributed by atoms with Crippen LogP contribution < -0.4 is 5.32 Å². The molecule has 2 nitrogen and oxygen atoms in total. The maximum atomic E-state index is 10.2. The lowest BCUT2D eigenvalue weighted by molar-refractivity contribution is 0.131. The minimum Gasteiger partial charge on any atom is -0.387 e. The van der Waals surface area contributed by atoms with Gasteiger partial charge in [-0.05, 0) is 44.4 Å². The van der Waals surface area contributed by atoms with E-state index in [0.29, 0.717) is 5.02 Å². The SMILES string of the molecule is CC1(C)CCC(C(O)c2ccc(Cl)cc2)N1.Cl. The molecular weight excluding hydrogens is 257 g/mol. The van der Waals surface area contributed by atoms with E-state index in [4.69, 9.17) is 11.6 Å². The van der Waals surface area contributed by atoms with Crippen LogP contribution in [0.4, 0.5) is 0 Å². The number of benzene rings is 1. The second-order valence-corrected chi connectivity index (χ2v) is 5.61. The molecule has 0 aliphatic carbocycles. The lowest BCUT2D eigenvalue weighted by atomic mass is 10.0. The van der Waals surface area contributed by atoms with Crippen molar-refractivity contribution >= 4 is 24.0 Å². The van der Waals surface area contributed by atoms with E-state index < -0.39 is 6.10 Å². The van der Waals surface area contributed by atoms with Crippen LogP contribution in [-0.4, -0.2) is 16.7 Å². The van der Waals surface area contributed by atoms with Gasteiger partial charge in [0.2, 0.25) is 0 Å². The van der Waals surface area contributed by atoms with E-state index in [-0.39, 0.29) is 24.0 Å². The highest BCUT2D eigenvalue weighted by molar-refractivity contribution is 6.30. The molecule has 0 radical (unpaired) electrons. The molecule has 0 spiro atoms. The molecule has 1 heterocycles. The van der Waals surface area contributed by atoms with Gasteiger partial charge in [-0.15, -0.1) is 12.4 Å². The molecule has 0 amide bonds. The minimum atomic E-state index is -0.445. The Balaban J connectivity index is 0.00000144. The first-order valence-corrected chi connectivity index (χ1v) is 6.07. The number of aliphatic hydroxyl groups is 1. The average Bonchev–Trinajstić information content (AvgIpc) is 2.59. The normalized spacial score (nSPS) is 24.1. The van der Waals surface area contributed by atoms with Crippen molar-refractivity contribution in [3.05, 3.63) is 34.9 Å². The molecule has 1 saturated heterocycles. The summed E-state index contributed by atoms with van der Waals surface area (Å²) >= 11 is 5.82. The number of rotatable bonds is 2. The molecule has 2 atom stereocenters. The fourth-order valence-corrected chi connectivity index (χ4v) is 2.42. The Hall–Kier alpha value is -0.280. The summed E-state index contributed by atoms with van der Waals surface area (Å²) in [5, 5.41) is 14.4. The molecule has 2 N–H and O–H groups in total. The fraction of sp³-hybridized carbons (Fsp3) is 0.538. The van der Waals surface area contributed by atoms with E-state index in [2.05, 4.69) is 19.2 Å². The molecule has 96 valence electrons. The van der Waals surface area contributed by atoms with Crippen LogP contribution in [0.3, 0.4) is 0 Å². The van der Waals surface area contributed by atoms with Gasteiger partial charge in [0, 0.05) is 16.6 Å². The second-order valence-electron chi connectivity index (χ2n) is 5.17. The summed E-state index contributed by atoms with van der Waals surface area (Å²) in [5.41, 5.74) is 1.07. The zero-order valence-corrected chi connectivity index (χ0v) is 11.7. The van der Waals surface area contributed by atoms with E-state index >= 15 is 0 Å². The third-order valence-electron chi connectivity index (χ3n) is 3.25. The van der Waals surface area contributed by atoms with Gasteiger partial charge in [0.25, 0.3) is 0 Å². The topological polar surface area (TPSA) is 32.3 Å². The molecule has 4 heteroatoms. The van der Waals surface area contributed by atoms with Gasteiger partial charge in [0.15, 0.2) is 0 Å². The number of hydrogen-bond acceptors (Lipinski definition) is 2. The zero-order chi connectivity index (χ0) is 11.8. The minimum absolute atomic E-state index is 0. The molecule has 1 fully saturated rings. The first-order valence-electron chi connectivity index (χ1n) is 5.69. The highest BCUT2D eigenvalue weighted by Crippen LogP contribution is 2.30. The average molecular weight is 276 g/mol. The molecule has 1 aromatic carbocycles. The molecule has 0 aromatic heterocycles. The van der Waals surface area contributed by atoms with Crippen LogP contribution in [-0.2, 0) is 0 Å². The van der Waals surface area contributed by atoms with Gasteiger partial charge in [0.1, 0.15) is 0 Å². The van der Waals surface area contributed by atoms with Crippen molar-refractivity contribution in [2.24, 2.45) is 0 Å². The van der Waals surface area contributed by atoms with Gasteiger partial charge in [0.05, 0.1) is 6.10 Å². The van der Waals surface area contributed by atoms with Crippen molar-refractivity contribution in [3.8, 4) is 0 Å². The summed E-state index contributed by atoms with van der Waals surface area (Å²) in [6, 6.07) is 7.57. The van der Waals surface area contributed by atoms with E-state index in [1.807, 2.05) is 24.3 Å². The maximum Gasteiger partial charge on any atom is 0.0943 e. The monoisotopic (exact) mass is 275 g/mol. The van der Waals surface area contributed by atoms with Gasteiger partial charge >= 0.3 is 0 Å². The Labute approximate surface area is 114 Å². The standard InChI is InChI=1S/C13H18ClNO.ClH/c1-13(2)8-7-11(15-13)12(16)9-3-5-10(14)6-4-9;/h3-6,11-12,15-16H,7-8H2,1-2H3;1H. The predicted molar refractivity (Wildman–Crippen MR) is 73.9 cm³/mol. The number of aliphatic hydroxyl groups excluding tert-OH is 1.